The molecule has 0 saturated heterocycles. The van der Waals surface area contributed by atoms with Gasteiger partial charge in [0, 0.05) is 19.3 Å². The lowest BCUT2D eigenvalue weighted by molar-refractivity contribution is -0.150. The van der Waals surface area contributed by atoms with Crippen LogP contribution < -0.4 is 0 Å². The van der Waals surface area contributed by atoms with Crippen LogP contribution >= 0.6 is 0 Å². The predicted molar refractivity (Wildman–Crippen MR) is 255 cm³/mol. The lowest BCUT2D eigenvalue weighted by atomic mass is 9.92. The molecular weight excluding hydrogens is 747 g/mol. The first-order valence-electron chi connectivity index (χ1n) is 26.6. The second-order valence-electron chi connectivity index (χ2n) is 18.3. The Morgan fingerprint density at radius 1 is 0.367 bits per heavy atom. The third-order valence-electron chi connectivity index (χ3n) is 12.8. The highest BCUT2D eigenvalue weighted by Gasteiger charge is 2.16. The number of hydrogen-bond donors (Lipinski definition) is 0. The van der Waals surface area contributed by atoms with E-state index in [-0.39, 0.29) is 24.0 Å². The predicted octanol–water partition coefficient (Wildman–Crippen LogP) is 15.7. The number of nitrogens with zero attached hydrogens (tertiary/aromatic N) is 1. The van der Waals surface area contributed by atoms with Gasteiger partial charge in [-0.1, -0.05) is 196 Å². The molecule has 60 heavy (non-hydrogen) atoms. The molecule has 0 radical (unpaired) electrons. The summed E-state index contributed by atoms with van der Waals surface area (Å²) >= 11 is 0. The molecule has 0 unspecified atom stereocenters. The molecule has 0 bridgehead atoms. The van der Waals surface area contributed by atoms with Gasteiger partial charge < -0.3 is 19.1 Å². The van der Waals surface area contributed by atoms with Crippen LogP contribution in [0.5, 0.6) is 0 Å². The maximum atomic E-state index is 12.8. The van der Waals surface area contributed by atoms with Gasteiger partial charge >= 0.3 is 17.9 Å². The lowest BCUT2D eigenvalue weighted by Crippen LogP contribution is -2.25. The van der Waals surface area contributed by atoms with Crippen molar-refractivity contribution < 1.29 is 28.6 Å². The molecule has 0 aliphatic heterocycles. The molecule has 356 valence electrons. The summed E-state index contributed by atoms with van der Waals surface area (Å²) < 4.78 is 17.4. The maximum absolute atomic E-state index is 12.8. The van der Waals surface area contributed by atoms with Crippen LogP contribution in [0.3, 0.4) is 0 Å². The average Bonchev–Trinajstić information content (AvgIpc) is 3.24. The molecule has 0 aromatic carbocycles. The first-order valence-corrected chi connectivity index (χ1v) is 26.6. The summed E-state index contributed by atoms with van der Waals surface area (Å²) in [4.78, 5) is 40.0. The van der Waals surface area contributed by atoms with Crippen LogP contribution in [-0.4, -0.2) is 61.8 Å². The van der Waals surface area contributed by atoms with Crippen LogP contribution in [0.4, 0.5) is 0 Å². The van der Waals surface area contributed by atoms with Crippen LogP contribution in [0.25, 0.3) is 0 Å². The Morgan fingerprint density at radius 3 is 1.07 bits per heavy atom. The molecule has 0 N–H and O–H groups in total. The van der Waals surface area contributed by atoms with E-state index in [0.717, 1.165) is 129 Å². The Morgan fingerprint density at radius 2 is 0.700 bits per heavy atom. The number of carbonyl (C=O) groups excluding carboxylic acids is 3. The van der Waals surface area contributed by atoms with Crippen molar-refractivity contribution in [3.63, 3.8) is 0 Å². The Bertz CT molecular complexity index is 860. The fourth-order valence-corrected chi connectivity index (χ4v) is 8.61. The van der Waals surface area contributed by atoms with Gasteiger partial charge in [-0.2, -0.15) is 0 Å². The number of ether oxygens (including phenoxy) is 3. The zero-order valence-corrected chi connectivity index (χ0v) is 41.1. The molecule has 0 rings (SSSR count). The van der Waals surface area contributed by atoms with Crippen molar-refractivity contribution in [3.8, 4) is 0 Å². The second kappa shape index (κ2) is 45.4. The molecule has 0 heterocycles. The molecule has 0 aliphatic carbocycles. The highest BCUT2D eigenvalue weighted by atomic mass is 16.5. The van der Waals surface area contributed by atoms with E-state index in [2.05, 4.69) is 46.4 Å². The van der Waals surface area contributed by atoms with E-state index in [1.807, 2.05) is 0 Å². The summed E-state index contributed by atoms with van der Waals surface area (Å²) in [6.45, 7) is 17.5. The van der Waals surface area contributed by atoms with Crippen LogP contribution in [0, 0.1) is 11.8 Å². The van der Waals surface area contributed by atoms with Crippen LogP contribution in [0.1, 0.15) is 273 Å². The molecule has 0 amide bonds. The van der Waals surface area contributed by atoms with E-state index in [1.165, 1.54) is 103 Å². The average molecular weight is 850 g/mol. The van der Waals surface area contributed by atoms with E-state index >= 15 is 0 Å². The van der Waals surface area contributed by atoms with Crippen molar-refractivity contribution in [1.82, 2.24) is 4.90 Å². The number of esters is 3. The lowest BCUT2D eigenvalue weighted by Gasteiger charge is -2.20. The van der Waals surface area contributed by atoms with Gasteiger partial charge in [0.05, 0.1) is 13.2 Å². The van der Waals surface area contributed by atoms with Crippen LogP contribution in [0.2, 0.25) is 0 Å². The third kappa shape index (κ3) is 39.2. The van der Waals surface area contributed by atoms with Crippen LogP contribution in [0.15, 0.2) is 0 Å². The van der Waals surface area contributed by atoms with Gasteiger partial charge in [0.15, 0.2) is 0 Å². The van der Waals surface area contributed by atoms with E-state index in [1.54, 1.807) is 0 Å². The van der Waals surface area contributed by atoms with Gasteiger partial charge in [-0.05, 0) is 89.3 Å². The third-order valence-corrected chi connectivity index (χ3v) is 12.8. The minimum atomic E-state index is -0.0436. The first-order chi connectivity index (χ1) is 29.3. The molecule has 0 aliphatic rings. The summed E-state index contributed by atoms with van der Waals surface area (Å²) in [6.07, 6.45) is 39.8. The molecule has 0 fully saturated rings. The van der Waals surface area contributed by atoms with E-state index < -0.39 is 0 Å². The molecule has 7 nitrogen and oxygen atoms in total. The van der Waals surface area contributed by atoms with Gasteiger partial charge in [0.2, 0.25) is 0 Å². The van der Waals surface area contributed by atoms with Crippen LogP contribution in [-0.2, 0) is 28.6 Å². The molecule has 0 spiro atoms. The molecule has 0 aromatic heterocycles. The van der Waals surface area contributed by atoms with Gasteiger partial charge in [-0.3, -0.25) is 14.4 Å². The number of rotatable bonds is 47. The molecular formula is C53H103NO6. The van der Waals surface area contributed by atoms with Gasteiger partial charge in [0.25, 0.3) is 0 Å². The molecule has 0 atom stereocenters. The second-order valence-corrected chi connectivity index (χ2v) is 18.3. The van der Waals surface area contributed by atoms with Gasteiger partial charge in [0.1, 0.15) is 6.10 Å². The van der Waals surface area contributed by atoms with Crippen molar-refractivity contribution in [2.45, 2.75) is 279 Å². The van der Waals surface area contributed by atoms with Gasteiger partial charge in [-0.25, -0.2) is 0 Å². The quantitative estimate of drug-likeness (QED) is 0.0343. The summed E-state index contributed by atoms with van der Waals surface area (Å²) in [6, 6.07) is 0. The fourth-order valence-electron chi connectivity index (χ4n) is 8.61. The summed E-state index contributed by atoms with van der Waals surface area (Å²) in [5.41, 5.74) is 0. The minimum Gasteiger partial charge on any atom is -0.466 e. The summed E-state index contributed by atoms with van der Waals surface area (Å²) in [5.74, 6) is 1.30. The minimum absolute atomic E-state index is 0.00580. The Kier molecular flexibility index (Phi) is 44.2. The van der Waals surface area contributed by atoms with Crippen molar-refractivity contribution in [2.75, 3.05) is 32.8 Å². The summed E-state index contributed by atoms with van der Waals surface area (Å²) in [7, 11) is 0. The van der Waals surface area contributed by atoms with Crippen molar-refractivity contribution >= 4 is 17.9 Å². The van der Waals surface area contributed by atoms with Crippen molar-refractivity contribution in [3.05, 3.63) is 0 Å². The van der Waals surface area contributed by atoms with E-state index in [9.17, 15) is 14.4 Å². The Labute approximate surface area is 373 Å². The highest BCUT2D eigenvalue weighted by molar-refractivity contribution is 5.70. The topological polar surface area (TPSA) is 82.1 Å². The smallest absolute Gasteiger partial charge is 0.306 e. The monoisotopic (exact) mass is 850 g/mol. The number of carbonyl (C=O) groups is 3. The number of unbranched alkanes of at least 4 members (excludes halogenated alkanes) is 18. The zero-order valence-electron chi connectivity index (χ0n) is 41.1. The summed E-state index contributed by atoms with van der Waals surface area (Å²) in [5, 5.41) is 0. The largest absolute Gasteiger partial charge is 0.466 e. The van der Waals surface area contributed by atoms with Gasteiger partial charge in [-0.15, -0.1) is 0 Å². The fraction of sp³-hybridized carbons (Fsp3) is 0.943. The SMILES string of the molecule is CCCCCC(CCCCC)CCOC(=O)CCCCCCCCC(CCCCCCCCC(=O)OCCC(CCCCC)CCCCC)OC(=O)CCCN(CC)CC. The van der Waals surface area contributed by atoms with Crippen molar-refractivity contribution in [1.29, 1.82) is 0 Å². The number of hydrogen-bond acceptors (Lipinski definition) is 7. The van der Waals surface area contributed by atoms with E-state index in [4.69, 9.17) is 14.2 Å². The zero-order chi connectivity index (χ0) is 44.2. The Balaban J connectivity index is 4.39. The molecule has 0 saturated carbocycles. The van der Waals surface area contributed by atoms with E-state index in [0.29, 0.717) is 44.3 Å². The standard InChI is InChI=1S/C53H103NO6/c1-7-13-25-34-48(35-26-14-8-2)43-46-58-51(55)40-31-23-19-17-21-29-38-50(60-53(57)42-33-45-54(11-5)12-6)39-30-22-18-20-24-32-41-52(56)59-47-44-49(36-27-15-9-3)37-28-16-10-4/h48-50H,7-47H2,1-6H3. The Hall–Kier alpha value is -1.63. The molecule has 7 heteroatoms. The maximum Gasteiger partial charge on any atom is 0.306 e. The highest BCUT2D eigenvalue weighted by Crippen LogP contribution is 2.23. The van der Waals surface area contributed by atoms with Crippen molar-refractivity contribution in [2.24, 2.45) is 11.8 Å². The first kappa shape index (κ1) is 58.4. The molecule has 0 aromatic rings. The normalized spacial score (nSPS) is 11.7.